The van der Waals surface area contributed by atoms with E-state index in [-0.39, 0.29) is 17.7 Å². The van der Waals surface area contributed by atoms with E-state index in [1.807, 2.05) is 0 Å². The highest BCUT2D eigenvalue weighted by molar-refractivity contribution is 6.31. The molecule has 0 aliphatic carbocycles. The van der Waals surface area contributed by atoms with Crippen molar-refractivity contribution in [3.8, 4) is 0 Å². The van der Waals surface area contributed by atoms with E-state index in [1.165, 1.54) is 32.0 Å². The van der Waals surface area contributed by atoms with Crippen molar-refractivity contribution in [3.63, 3.8) is 0 Å². The highest BCUT2D eigenvalue weighted by Crippen LogP contribution is 2.24. The number of hydrogen-bond acceptors (Lipinski definition) is 3. The van der Waals surface area contributed by atoms with Crippen molar-refractivity contribution < 1.29 is 19.5 Å². The first kappa shape index (κ1) is 16.0. The average molecular weight is 299 g/mol. The fourth-order valence-corrected chi connectivity index (χ4v) is 1.68. The number of carboxylic acid groups (broad SMARTS) is 1. The average Bonchev–Trinajstić information content (AvgIpc) is 2.27. The molecule has 0 heterocycles. The molecule has 1 aromatic carbocycles. The van der Waals surface area contributed by atoms with Gasteiger partial charge in [0.1, 0.15) is 0 Å². The molecule has 0 radical (unpaired) electrons. The van der Waals surface area contributed by atoms with Gasteiger partial charge in [-0.25, -0.2) is 0 Å². The number of rotatable bonds is 5. The van der Waals surface area contributed by atoms with Crippen LogP contribution in [-0.4, -0.2) is 22.9 Å². The largest absolute Gasteiger partial charge is 0.481 e. The lowest BCUT2D eigenvalue weighted by atomic mass is 9.89. The minimum Gasteiger partial charge on any atom is -0.481 e. The van der Waals surface area contributed by atoms with E-state index in [9.17, 15) is 14.4 Å². The summed E-state index contributed by atoms with van der Waals surface area (Å²) in [5, 5.41) is 11.7. The van der Waals surface area contributed by atoms with Gasteiger partial charge in [-0.3, -0.25) is 14.4 Å². The third kappa shape index (κ3) is 3.96. The van der Waals surface area contributed by atoms with Gasteiger partial charge in [-0.15, -0.1) is 0 Å². The van der Waals surface area contributed by atoms with Crippen LogP contribution in [0.25, 0.3) is 0 Å². The molecule has 1 rings (SSSR count). The van der Waals surface area contributed by atoms with Gasteiger partial charge in [0.15, 0.2) is 0 Å². The molecule has 108 valence electrons. The van der Waals surface area contributed by atoms with Gasteiger partial charge >= 0.3 is 5.97 Å². The molecular formula is C13H15ClN2O4. The van der Waals surface area contributed by atoms with Crippen molar-refractivity contribution in [2.45, 2.75) is 20.3 Å². The smallest absolute Gasteiger partial charge is 0.309 e. The Kier molecular flexibility index (Phi) is 4.73. The summed E-state index contributed by atoms with van der Waals surface area (Å²) in [5.41, 5.74) is 4.25. The summed E-state index contributed by atoms with van der Waals surface area (Å²) in [5.74, 6) is -2.34. The fraction of sp³-hybridized carbons (Fsp3) is 0.308. The Morgan fingerprint density at radius 2 is 1.95 bits per heavy atom. The molecule has 0 saturated carbocycles. The third-order valence-electron chi connectivity index (χ3n) is 2.70. The van der Waals surface area contributed by atoms with Crippen molar-refractivity contribution in [1.29, 1.82) is 0 Å². The number of nitrogens with one attached hydrogen (secondary N) is 1. The van der Waals surface area contributed by atoms with E-state index in [1.54, 1.807) is 0 Å². The van der Waals surface area contributed by atoms with E-state index in [4.69, 9.17) is 22.4 Å². The molecule has 0 atom stereocenters. The second-order valence-electron chi connectivity index (χ2n) is 4.97. The Labute approximate surface area is 120 Å². The predicted molar refractivity (Wildman–Crippen MR) is 74.6 cm³/mol. The maximum atomic E-state index is 11.8. The zero-order valence-corrected chi connectivity index (χ0v) is 11.8. The summed E-state index contributed by atoms with van der Waals surface area (Å²) < 4.78 is 0. The second-order valence-corrected chi connectivity index (χ2v) is 5.40. The number of amides is 2. The number of nitrogens with two attached hydrogens (primary N) is 1. The number of hydrogen-bond donors (Lipinski definition) is 3. The van der Waals surface area contributed by atoms with Gasteiger partial charge in [0, 0.05) is 11.4 Å². The molecule has 2 amide bonds. The van der Waals surface area contributed by atoms with Crippen LogP contribution in [0.1, 0.15) is 30.6 Å². The molecule has 0 fully saturated rings. The van der Waals surface area contributed by atoms with Crippen LogP contribution in [0, 0.1) is 5.41 Å². The minimum atomic E-state index is -1.21. The van der Waals surface area contributed by atoms with E-state index < -0.39 is 23.2 Å². The lowest BCUT2D eigenvalue weighted by molar-refractivity contribution is -0.148. The van der Waals surface area contributed by atoms with Crippen molar-refractivity contribution in [2.24, 2.45) is 11.1 Å². The molecule has 0 aliphatic heterocycles. The zero-order chi connectivity index (χ0) is 15.5. The van der Waals surface area contributed by atoms with Crippen molar-refractivity contribution in [3.05, 3.63) is 28.8 Å². The van der Waals surface area contributed by atoms with Crippen molar-refractivity contribution in [1.82, 2.24) is 0 Å². The normalized spacial score (nSPS) is 10.9. The summed E-state index contributed by atoms with van der Waals surface area (Å²) in [7, 11) is 0. The highest BCUT2D eigenvalue weighted by Gasteiger charge is 2.30. The van der Waals surface area contributed by atoms with Gasteiger partial charge in [0.25, 0.3) is 5.91 Å². The molecule has 4 N–H and O–H groups in total. The van der Waals surface area contributed by atoms with Crippen LogP contribution in [0.2, 0.25) is 5.02 Å². The van der Waals surface area contributed by atoms with Crippen LogP contribution < -0.4 is 11.1 Å². The number of primary amides is 1. The quantitative estimate of drug-likeness (QED) is 0.771. The zero-order valence-electron chi connectivity index (χ0n) is 11.1. The van der Waals surface area contributed by atoms with Gasteiger partial charge in [-0.2, -0.15) is 0 Å². The molecule has 0 bridgehead atoms. The van der Waals surface area contributed by atoms with Gasteiger partial charge in [-0.05, 0) is 32.0 Å². The Morgan fingerprint density at radius 3 is 2.45 bits per heavy atom. The van der Waals surface area contributed by atoms with Crippen LogP contribution in [0.4, 0.5) is 5.69 Å². The Hall–Kier alpha value is -2.08. The number of anilines is 1. The molecule has 20 heavy (non-hydrogen) atoms. The van der Waals surface area contributed by atoms with Gasteiger partial charge < -0.3 is 16.2 Å². The summed E-state index contributed by atoms with van der Waals surface area (Å²) >= 11 is 5.79. The summed E-state index contributed by atoms with van der Waals surface area (Å²) in [4.78, 5) is 34.1. The number of halogens is 1. The summed E-state index contributed by atoms with van der Waals surface area (Å²) in [6, 6.07) is 4.24. The molecule has 6 nitrogen and oxygen atoms in total. The number of carbonyl (C=O) groups is 3. The van der Waals surface area contributed by atoms with Crippen LogP contribution in [0.15, 0.2) is 18.2 Å². The third-order valence-corrected chi connectivity index (χ3v) is 2.94. The van der Waals surface area contributed by atoms with Crippen LogP contribution >= 0.6 is 11.6 Å². The molecule has 0 unspecified atom stereocenters. The standard InChI is InChI=1S/C13H15ClN2O4/c1-13(2,12(19)20)6-10(17)16-9-5-7(14)3-4-8(9)11(15)18/h3-5H,6H2,1-2H3,(H2,15,18)(H,16,17)(H,19,20). The Morgan fingerprint density at radius 1 is 1.35 bits per heavy atom. The number of carboxylic acids is 1. The molecule has 0 aliphatic rings. The van der Waals surface area contributed by atoms with E-state index >= 15 is 0 Å². The monoisotopic (exact) mass is 298 g/mol. The number of aliphatic carboxylic acids is 1. The van der Waals surface area contributed by atoms with Crippen molar-refractivity contribution in [2.75, 3.05) is 5.32 Å². The summed E-state index contributed by atoms with van der Waals surface area (Å²) in [6.45, 7) is 2.86. The molecule has 1 aromatic rings. The molecule has 0 saturated heterocycles. The second kappa shape index (κ2) is 5.92. The first-order valence-corrected chi connectivity index (χ1v) is 6.14. The Balaban J connectivity index is 2.94. The van der Waals surface area contributed by atoms with E-state index in [0.29, 0.717) is 5.02 Å². The van der Waals surface area contributed by atoms with Crippen LogP contribution in [0.3, 0.4) is 0 Å². The van der Waals surface area contributed by atoms with E-state index in [2.05, 4.69) is 5.32 Å². The van der Waals surface area contributed by atoms with Gasteiger partial charge in [0.2, 0.25) is 5.91 Å². The SMILES string of the molecule is CC(C)(CC(=O)Nc1cc(Cl)ccc1C(N)=O)C(=O)O. The first-order chi connectivity index (χ1) is 9.13. The maximum Gasteiger partial charge on any atom is 0.309 e. The topological polar surface area (TPSA) is 109 Å². The van der Waals surface area contributed by atoms with Crippen LogP contribution in [-0.2, 0) is 9.59 Å². The first-order valence-electron chi connectivity index (χ1n) is 5.76. The fourth-order valence-electron chi connectivity index (χ4n) is 1.51. The van der Waals surface area contributed by atoms with Crippen LogP contribution in [0.5, 0.6) is 0 Å². The highest BCUT2D eigenvalue weighted by atomic mass is 35.5. The lowest BCUT2D eigenvalue weighted by Gasteiger charge is -2.18. The number of carbonyl (C=O) groups excluding carboxylic acids is 2. The maximum absolute atomic E-state index is 11.8. The van der Waals surface area contributed by atoms with Gasteiger partial charge in [0.05, 0.1) is 16.7 Å². The van der Waals surface area contributed by atoms with Crippen molar-refractivity contribution >= 4 is 35.1 Å². The molecule has 7 heteroatoms. The molecule has 0 spiro atoms. The number of benzene rings is 1. The lowest BCUT2D eigenvalue weighted by Crippen LogP contribution is -2.30. The minimum absolute atomic E-state index is 0.107. The summed E-state index contributed by atoms with van der Waals surface area (Å²) in [6.07, 6.45) is -0.243. The van der Waals surface area contributed by atoms with Gasteiger partial charge in [-0.1, -0.05) is 11.6 Å². The predicted octanol–water partition coefficient (Wildman–Crippen LogP) is 1.88. The Bertz CT molecular complexity index is 569. The molecule has 0 aromatic heterocycles. The molecular weight excluding hydrogens is 284 g/mol. The van der Waals surface area contributed by atoms with E-state index in [0.717, 1.165) is 0 Å².